The van der Waals surface area contributed by atoms with Crippen LogP contribution in [0.3, 0.4) is 0 Å². The second kappa shape index (κ2) is 4.44. The van der Waals surface area contributed by atoms with Crippen molar-refractivity contribution in [3.63, 3.8) is 0 Å². The van der Waals surface area contributed by atoms with Crippen molar-refractivity contribution in [3.8, 4) is 0 Å². The Labute approximate surface area is 74.9 Å². The first-order valence-corrected chi connectivity index (χ1v) is 4.97. The van der Waals surface area contributed by atoms with Gasteiger partial charge in [0.25, 0.3) is 0 Å². The second-order valence-corrected chi connectivity index (χ2v) is 3.68. The summed E-state index contributed by atoms with van der Waals surface area (Å²) < 4.78 is 0. The Kier molecular flexibility index (Phi) is 3.51. The van der Waals surface area contributed by atoms with Gasteiger partial charge in [-0.2, -0.15) is 0 Å². The lowest BCUT2D eigenvalue weighted by molar-refractivity contribution is -0.114. The van der Waals surface area contributed by atoms with Crippen molar-refractivity contribution in [1.82, 2.24) is 0 Å². The average molecular weight is 166 g/mol. The van der Waals surface area contributed by atoms with Crippen LogP contribution in [0.4, 0.5) is 0 Å². The molecule has 0 radical (unpaired) electrons. The molecule has 68 valence electrons. The Hall–Kier alpha value is -0.590. The number of hydrogen-bond donors (Lipinski definition) is 0. The Morgan fingerprint density at radius 3 is 2.75 bits per heavy atom. The molecule has 1 atom stereocenters. The molecule has 0 amide bonds. The molecule has 0 aliphatic heterocycles. The summed E-state index contributed by atoms with van der Waals surface area (Å²) >= 11 is 0. The van der Waals surface area contributed by atoms with Gasteiger partial charge in [0.15, 0.2) is 5.78 Å². The van der Waals surface area contributed by atoms with E-state index < -0.39 is 0 Å². The van der Waals surface area contributed by atoms with Crippen molar-refractivity contribution in [1.29, 1.82) is 0 Å². The molecule has 0 saturated heterocycles. The van der Waals surface area contributed by atoms with E-state index in [1.54, 1.807) is 0 Å². The lowest BCUT2D eigenvalue weighted by Crippen LogP contribution is -1.99. The maximum absolute atomic E-state index is 11.1. The van der Waals surface area contributed by atoms with Crippen LogP contribution in [0.1, 0.15) is 45.4 Å². The van der Waals surface area contributed by atoms with Gasteiger partial charge < -0.3 is 0 Å². The number of Topliss-reactive ketones (excluding diaryl/α,β-unsaturated/α-hetero) is 1. The number of allylic oxidation sites excluding steroid dienone is 1. The molecule has 1 unspecified atom stereocenters. The fraction of sp³-hybridized carbons (Fsp3) is 0.727. The predicted molar refractivity (Wildman–Crippen MR) is 51.0 cm³/mol. The molecule has 0 aromatic rings. The minimum absolute atomic E-state index is 0.302. The summed E-state index contributed by atoms with van der Waals surface area (Å²) in [5, 5.41) is 0. The molecule has 1 rings (SSSR count). The molecule has 1 nitrogen and oxygen atoms in total. The van der Waals surface area contributed by atoms with E-state index in [1.807, 2.05) is 0 Å². The molecule has 1 saturated carbocycles. The fourth-order valence-corrected chi connectivity index (χ4v) is 1.83. The summed E-state index contributed by atoms with van der Waals surface area (Å²) in [6.45, 7) is 6.05. The van der Waals surface area contributed by atoms with Crippen LogP contribution in [0.15, 0.2) is 12.2 Å². The molecule has 0 bridgehead atoms. The number of hydrogen-bond acceptors (Lipinski definition) is 1. The first kappa shape index (κ1) is 9.50. The molecule has 0 N–H and O–H groups in total. The summed E-state index contributed by atoms with van der Waals surface area (Å²) in [6, 6.07) is 0. The van der Waals surface area contributed by atoms with E-state index in [2.05, 4.69) is 13.5 Å². The van der Waals surface area contributed by atoms with Gasteiger partial charge >= 0.3 is 0 Å². The zero-order valence-corrected chi connectivity index (χ0v) is 7.94. The van der Waals surface area contributed by atoms with Crippen LogP contribution >= 0.6 is 0 Å². The zero-order chi connectivity index (χ0) is 8.97. The molecule has 1 heteroatoms. The highest BCUT2D eigenvalue weighted by atomic mass is 16.1. The number of unbranched alkanes of at least 4 members (excludes halogenated alkanes) is 2. The van der Waals surface area contributed by atoms with Gasteiger partial charge in [-0.05, 0) is 24.3 Å². The monoisotopic (exact) mass is 166 g/mol. The third kappa shape index (κ3) is 2.20. The quantitative estimate of drug-likeness (QED) is 0.463. The maximum atomic E-state index is 11.1. The van der Waals surface area contributed by atoms with E-state index in [9.17, 15) is 4.79 Å². The van der Waals surface area contributed by atoms with Crippen molar-refractivity contribution < 1.29 is 4.79 Å². The summed E-state index contributed by atoms with van der Waals surface area (Å²) in [6.07, 6.45) is 6.79. The molecule has 1 aliphatic rings. The molecule has 1 fully saturated rings. The Morgan fingerprint density at radius 2 is 2.25 bits per heavy atom. The second-order valence-electron chi connectivity index (χ2n) is 3.68. The topological polar surface area (TPSA) is 17.1 Å². The Bertz CT molecular complexity index is 181. The van der Waals surface area contributed by atoms with Crippen molar-refractivity contribution in [3.05, 3.63) is 12.2 Å². The summed E-state index contributed by atoms with van der Waals surface area (Å²) in [7, 11) is 0. The maximum Gasteiger partial charge on any atom is 0.158 e. The van der Waals surface area contributed by atoms with Gasteiger partial charge in [0.2, 0.25) is 0 Å². The van der Waals surface area contributed by atoms with Crippen LogP contribution in [-0.4, -0.2) is 5.78 Å². The third-order valence-electron chi connectivity index (χ3n) is 2.73. The average Bonchev–Trinajstić information content (AvgIpc) is 2.36. The SMILES string of the molecule is C=C1C(=O)CCC1CCCCC. The lowest BCUT2D eigenvalue weighted by atomic mass is 9.97. The van der Waals surface area contributed by atoms with Crippen LogP contribution in [0.25, 0.3) is 0 Å². The summed E-state index contributed by atoms with van der Waals surface area (Å²) in [5.74, 6) is 0.820. The first-order chi connectivity index (χ1) is 5.75. The highest BCUT2D eigenvalue weighted by Gasteiger charge is 2.25. The van der Waals surface area contributed by atoms with Gasteiger partial charge in [-0.15, -0.1) is 0 Å². The molecule has 0 spiro atoms. The number of carbonyl (C=O) groups is 1. The van der Waals surface area contributed by atoms with E-state index in [1.165, 1.54) is 25.7 Å². The van der Waals surface area contributed by atoms with Crippen molar-refractivity contribution >= 4 is 5.78 Å². The van der Waals surface area contributed by atoms with E-state index in [0.29, 0.717) is 11.7 Å². The largest absolute Gasteiger partial charge is 0.295 e. The highest BCUT2D eigenvalue weighted by Crippen LogP contribution is 2.30. The van der Waals surface area contributed by atoms with Gasteiger partial charge in [0, 0.05) is 6.42 Å². The predicted octanol–water partition coefficient (Wildman–Crippen LogP) is 3.10. The van der Waals surface area contributed by atoms with Gasteiger partial charge in [-0.1, -0.05) is 32.8 Å². The highest BCUT2D eigenvalue weighted by molar-refractivity contribution is 5.97. The van der Waals surface area contributed by atoms with E-state index in [-0.39, 0.29) is 0 Å². The van der Waals surface area contributed by atoms with Crippen molar-refractivity contribution in [2.24, 2.45) is 5.92 Å². The van der Waals surface area contributed by atoms with E-state index in [0.717, 1.165) is 18.4 Å². The Morgan fingerprint density at radius 1 is 1.50 bits per heavy atom. The fourth-order valence-electron chi connectivity index (χ4n) is 1.83. The van der Waals surface area contributed by atoms with Gasteiger partial charge in [-0.25, -0.2) is 0 Å². The van der Waals surface area contributed by atoms with Crippen molar-refractivity contribution in [2.75, 3.05) is 0 Å². The van der Waals surface area contributed by atoms with Crippen LogP contribution in [0.5, 0.6) is 0 Å². The van der Waals surface area contributed by atoms with Crippen LogP contribution in [0.2, 0.25) is 0 Å². The van der Waals surface area contributed by atoms with Gasteiger partial charge in [0.1, 0.15) is 0 Å². The molecular weight excluding hydrogens is 148 g/mol. The molecule has 1 aliphatic carbocycles. The van der Waals surface area contributed by atoms with Crippen LogP contribution in [-0.2, 0) is 4.79 Å². The van der Waals surface area contributed by atoms with Gasteiger partial charge in [0.05, 0.1) is 0 Å². The number of rotatable bonds is 4. The molecule has 0 aromatic heterocycles. The minimum atomic E-state index is 0.302. The van der Waals surface area contributed by atoms with E-state index in [4.69, 9.17) is 0 Å². The number of carbonyl (C=O) groups excluding carboxylic acids is 1. The van der Waals surface area contributed by atoms with Crippen molar-refractivity contribution in [2.45, 2.75) is 45.4 Å². The van der Waals surface area contributed by atoms with Crippen LogP contribution in [0, 0.1) is 5.92 Å². The van der Waals surface area contributed by atoms with E-state index >= 15 is 0 Å². The smallest absolute Gasteiger partial charge is 0.158 e. The summed E-state index contributed by atoms with van der Waals surface area (Å²) in [5.41, 5.74) is 0.895. The Balaban J connectivity index is 2.25. The zero-order valence-electron chi connectivity index (χ0n) is 7.94. The summed E-state index contributed by atoms with van der Waals surface area (Å²) in [4.78, 5) is 11.1. The molecular formula is C11H18O. The first-order valence-electron chi connectivity index (χ1n) is 4.97. The van der Waals surface area contributed by atoms with Gasteiger partial charge in [-0.3, -0.25) is 4.79 Å². The normalized spacial score (nSPS) is 23.6. The third-order valence-corrected chi connectivity index (χ3v) is 2.73. The molecule has 0 aromatic carbocycles. The number of ketones is 1. The molecule has 0 heterocycles. The van der Waals surface area contributed by atoms with Crippen LogP contribution < -0.4 is 0 Å². The minimum Gasteiger partial charge on any atom is -0.295 e. The standard InChI is InChI=1S/C11H18O/c1-3-4-5-6-10-7-8-11(12)9(10)2/h10H,2-8H2,1H3. The molecule has 12 heavy (non-hydrogen) atoms. The lowest BCUT2D eigenvalue weighted by Gasteiger charge is -2.08.